The minimum Gasteiger partial charge on any atom is -0.321 e. The number of anilines is 1. The number of halogens is 3. The summed E-state index contributed by atoms with van der Waals surface area (Å²) in [6.45, 7) is 5.49. The van der Waals surface area contributed by atoms with Crippen LogP contribution < -0.4 is 5.32 Å². The summed E-state index contributed by atoms with van der Waals surface area (Å²) in [4.78, 5) is 26.7. The van der Waals surface area contributed by atoms with Gasteiger partial charge in [-0.3, -0.25) is 9.59 Å². The molecular weight excluding hydrogens is 505 g/mol. The largest absolute Gasteiger partial charge is 0.435 e. The van der Waals surface area contributed by atoms with Crippen LogP contribution in [0.3, 0.4) is 0 Å². The lowest BCUT2D eigenvalue weighted by Crippen LogP contribution is -2.28. The third-order valence-electron chi connectivity index (χ3n) is 6.06. The number of ketones is 1. The Morgan fingerprint density at radius 2 is 1.56 bits per heavy atom. The zero-order valence-corrected chi connectivity index (χ0v) is 21.5. The van der Waals surface area contributed by atoms with Crippen molar-refractivity contribution in [2.24, 2.45) is 5.41 Å². The number of nitriles is 1. The number of aromatic nitrogens is 2. The van der Waals surface area contributed by atoms with Gasteiger partial charge in [0.1, 0.15) is 11.5 Å². The highest BCUT2D eigenvalue weighted by Gasteiger charge is 2.36. The lowest BCUT2D eigenvalue weighted by molar-refractivity contribution is -0.141. The molecule has 1 N–H and O–H groups in total. The normalized spacial score (nSPS) is 12.4. The van der Waals surface area contributed by atoms with Gasteiger partial charge < -0.3 is 5.32 Å². The van der Waals surface area contributed by atoms with Crippen molar-refractivity contribution in [1.82, 2.24) is 9.78 Å². The molecule has 1 unspecified atom stereocenters. The van der Waals surface area contributed by atoms with Gasteiger partial charge in [0.15, 0.2) is 5.69 Å². The van der Waals surface area contributed by atoms with Crippen LogP contribution in [0.4, 0.5) is 18.9 Å². The number of benzene rings is 3. The van der Waals surface area contributed by atoms with E-state index in [1.165, 1.54) is 24.3 Å². The van der Waals surface area contributed by atoms with Crippen LogP contribution in [0.1, 0.15) is 59.6 Å². The van der Waals surface area contributed by atoms with Crippen LogP contribution in [0.5, 0.6) is 0 Å². The minimum atomic E-state index is -4.79. The molecule has 6 nitrogen and oxygen atoms in total. The van der Waals surface area contributed by atoms with Gasteiger partial charge in [-0.05, 0) is 41.5 Å². The maximum atomic E-state index is 13.5. The summed E-state index contributed by atoms with van der Waals surface area (Å²) in [5, 5.41) is 15.4. The number of alkyl halides is 3. The van der Waals surface area contributed by atoms with Crippen molar-refractivity contribution < 1.29 is 22.8 Å². The fourth-order valence-electron chi connectivity index (χ4n) is 4.15. The Labute approximate surface area is 223 Å². The number of Topliss-reactive ketones (excluding diaryl/α,β-unsaturated/α-hetero) is 1. The third kappa shape index (κ3) is 6.07. The molecule has 4 rings (SSSR count). The third-order valence-corrected chi connectivity index (χ3v) is 6.06. The summed E-state index contributed by atoms with van der Waals surface area (Å²) in [5.74, 6) is -1.47. The Hall–Kier alpha value is -4.71. The van der Waals surface area contributed by atoms with Crippen LogP contribution in [0.2, 0.25) is 0 Å². The van der Waals surface area contributed by atoms with Gasteiger partial charge in [-0.2, -0.15) is 23.5 Å². The first kappa shape index (κ1) is 27.3. The van der Waals surface area contributed by atoms with E-state index in [-0.39, 0.29) is 22.7 Å². The lowest BCUT2D eigenvalue weighted by atomic mass is 9.76. The van der Waals surface area contributed by atoms with Crippen molar-refractivity contribution in [3.05, 3.63) is 113 Å². The average molecular weight is 531 g/mol. The van der Waals surface area contributed by atoms with Crippen molar-refractivity contribution in [1.29, 1.82) is 5.26 Å². The molecule has 1 amide bonds. The molecule has 0 saturated carbocycles. The summed E-state index contributed by atoms with van der Waals surface area (Å²) in [6, 6.07) is 24.3. The van der Waals surface area contributed by atoms with E-state index in [0.29, 0.717) is 17.3 Å². The van der Waals surface area contributed by atoms with Gasteiger partial charge in [-0.1, -0.05) is 69.3 Å². The zero-order valence-electron chi connectivity index (χ0n) is 21.5. The van der Waals surface area contributed by atoms with E-state index in [4.69, 9.17) is 0 Å². The molecule has 0 aliphatic heterocycles. The minimum absolute atomic E-state index is 0.0255. The Morgan fingerprint density at radius 1 is 0.897 bits per heavy atom. The van der Waals surface area contributed by atoms with E-state index >= 15 is 0 Å². The van der Waals surface area contributed by atoms with Crippen LogP contribution in [-0.2, 0) is 11.0 Å². The fraction of sp³-hybridized carbons (Fsp3) is 0.200. The van der Waals surface area contributed by atoms with E-state index in [9.17, 15) is 28.0 Å². The summed E-state index contributed by atoms with van der Waals surface area (Å²) >= 11 is 0. The first-order chi connectivity index (χ1) is 18.4. The Morgan fingerprint density at radius 3 is 2.21 bits per heavy atom. The standard InChI is InChI=1S/C30H25F3N4O2/c1-29(2,3)27(38)26(20-10-5-4-6-11-20)21-12-8-13-22(16-21)35-28(39)24-17-25(30(31,32)33)36-37(24)23-14-7-9-19(15-23)18-34/h4-17,26H,1-3H3,(H,35,39). The van der Waals surface area contributed by atoms with Gasteiger partial charge in [-0.25, -0.2) is 4.68 Å². The van der Waals surface area contributed by atoms with Crippen LogP contribution in [-0.4, -0.2) is 21.5 Å². The molecular formula is C30H25F3N4O2. The second-order valence-electron chi connectivity index (χ2n) is 10.0. The van der Waals surface area contributed by atoms with Crippen molar-refractivity contribution >= 4 is 17.4 Å². The zero-order chi connectivity index (χ0) is 28.4. The molecule has 0 spiro atoms. The van der Waals surface area contributed by atoms with Gasteiger partial charge in [0.05, 0.1) is 23.2 Å². The molecule has 0 aliphatic rings. The lowest BCUT2D eigenvalue weighted by Gasteiger charge is -2.26. The van der Waals surface area contributed by atoms with Gasteiger partial charge in [0.25, 0.3) is 5.91 Å². The maximum absolute atomic E-state index is 13.5. The molecule has 3 aromatic carbocycles. The number of rotatable bonds is 6. The summed E-state index contributed by atoms with van der Waals surface area (Å²) in [7, 11) is 0. The highest BCUT2D eigenvalue weighted by atomic mass is 19.4. The topological polar surface area (TPSA) is 87.8 Å². The van der Waals surface area contributed by atoms with Gasteiger partial charge in [-0.15, -0.1) is 0 Å². The molecule has 0 bridgehead atoms. The van der Waals surface area contributed by atoms with E-state index in [1.807, 2.05) is 57.2 Å². The Bertz CT molecular complexity index is 1560. The molecule has 0 saturated heterocycles. The number of nitrogens with zero attached hydrogens (tertiary/aromatic N) is 3. The molecule has 1 aromatic heterocycles. The molecule has 0 radical (unpaired) electrons. The highest BCUT2D eigenvalue weighted by molar-refractivity contribution is 6.03. The number of carbonyl (C=O) groups is 2. The molecule has 9 heteroatoms. The molecule has 39 heavy (non-hydrogen) atoms. The van der Waals surface area contributed by atoms with E-state index in [2.05, 4.69) is 10.4 Å². The first-order valence-electron chi connectivity index (χ1n) is 12.1. The molecule has 0 aliphatic carbocycles. The van der Waals surface area contributed by atoms with Crippen molar-refractivity contribution in [3.8, 4) is 11.8 Å². The van der Waals surface area contributed by atoms with Crippen LogP contribution in [0.15, 0.2) is 84.9 Å². The predicted molar refractivity (Wildman–Crippen MR) is 140 cm³/mol. The Balaban J connectivity index is 1.73. The summed E-state index contributed by atoms with van der Waals surface area (Å²) < 4.78 is 41.4. The van der Waals surface area contributed by atoms with Crippen molar-refractivity contribution in [3.63, 3.8) is 0 Å². The number of nitrogens with one attached hydrogen (secondary N) is 1. The number of carbonyl (C=O) groups excluding carboxylic acids is 2. The molecule has 4 aromatic rings. The number of amides is 1. The monoisotopic (exact) mass is 530 g/mol. The summed E-state index contributed by atoms with van der Waals surface area (Å²) in [5.41, 5.74) is -0.229. The molecule has 198 valence electrons. The average Bonchev–Trinajstić information content (AvgIpc) is 3.36. The van der Waals surface area contributed by atoms with Crippen LogP contribution >= 0.6 is 0 Å². The van der Waals surface area contributed by atoms with Crippen LogP contribution in [0.25, 0.3) is 5.69 Å². The van der Waals surface area contributed by atoms with E-state index in [0.717, 1.165) is 10.2 Å². The Kier molecular flexibility index (Phi) is 7.41. The van der Waals surface area contributed by atoms with Crippen LogP contribution in [0, 0.1) is 16.7 Å². The predicted octanol–water partition coefficient (Wildman–Crippen LogP) is 6.76. The van der Waals surface area contributed by atoms with E-state index < -0.39 is 29.1 Å². The SMILES string of the molecule is CC(C)(C)C(=O)C(c1ccccc1)c1cccc(NC(=O)c2cc(C(F)(F)F)nn2-c2cccc(C#N)c2)c1. The van der Waals surface area contributed by atoms with Crippen molar-refractivity contribution in [2.45, 2.75) is 32.9 Å². The van der Waals surface area contributed by atoms with Gasteiger partial charge in [0, 0.05) is 17.2 Å². The quantitative estimate of drug-likeness (QED) is 0.298. The number of hydrogen-bond acceptors (Lipinski definition) is 4. The second kappa shape index (κ2) is 10.6. The second-order valence-corrected chi connectivity index (χ2v) is 10.0. The van der Waals surface area contributed by atoms with E-state index in [1.54, 1.807) is 24.3 Å². The summed E-state index contributed by atoms with van der Waals surface area (Å²) in [6.07, 6.45) is -4.79. The van der Waals surface area contributed by atoms with Gasteiger partial charge in [0.2, 0.25) is 0 Å². The molecule has 0 fully saturated rings. The molecule has 1 atom stereocenters. The maximum Gasteiger partial charge on any atom is 0.435 e. The van der Waals surface area contributed by atoms with Gasteiger partial charge >= 0.3 is 6.18 Å². The number of hydrogen-bond donors (Lipinski definition) is 1. The highest BCUT2D eigenvalue weighted by Crippen LogP contribution is 2.34. The molecule has 1 heterocycles. The van der Waals surface area contributed by atoms with Crippen molar-refractivity contribution in [2.75, 3.05) is 5.32 Å². The first-order valence-corrected chi connectivity index (χ1v) is 12.1. The fourth-order valence-corrected chi connectivity index (χ4v) is 4.15. The smallest absolute Gasteiger partial charge is 0.321 e.